The van der Waals surface area contributed by atoms with E-state index in [2.05, 4.69) is 41.5 Å². The molecule has 4 nitrogen and oxygen atoms in total. The number of aliphatic hydroxyl groups is 2. The molecule has 0 radical (unpaired) electrons. The van der Waals surface area contributed by atoms with Gasteiger partial charge >= 0.3 is 0 Å². The van der Waals surface area contributed by atoms with Gasteiger partial charge < -0.3 is 19.7 Å². The van der Waals surface area contributed by atoms with Crippen molar-refractivity contribution < 1.29 is 19.7 Å². The molecule has 0 bridgehead atoms. The minimum absolute atomic E-state index is 0.130. The van der Waals surface area contributed by atoms with Crippen molar-refractivity contribution in [2.45, 2.75) is 41.5 Å². The summed E-state index contributed by atoms with van der Waals surface area (Å²) in [5, 5.41) is 16.8. The summed E-state index contributed by atoms with van der Waals surface area (Å²) in [5.74, 6) is 2.51. The zero-order valence-electron chi connectivity index (χ0n) is 14.3. The third kappa shape index (κ3) is 15.9. The highest BCUT2D eigenvalue weighted by molar-refractivity contribution is 4.55. The Bertz CT molecular complexity index is 163. The zero-order valence-corrected chi connectivity index (χ0v) is 14.3. The fourth-order valence-electron chi connectivity index (χ4n) is 1.05. The molecule has 0 amide bonds. The van der Waals surface area contributed by atoms with Gasteiger partial charge in [-0.25, -0.2) is 0 Å². The summed E-state index contributed by atoms with van der Waals surface area (Å²) in [4.78, 5) is 0. The van der Waals surface area contributed by atoms with Crippen LogP contribution in [0.4, 0.5) is 0 Å². The van der Waals surface area contributed by atoms with Crippen molar-refractivity contribution in [3.05, 3.63) is 0 Å². The lowest BCUT2D eigenvalue weighted by atomic mass is 9.99. The summed E-state index contributed by atoms with van der Waals surface area (Å²) >= 11 is 0. The molecule has 0 aromatic rings. The number of hydrogen-bond acceptors (Lipinski definition) is 4. The second kappa shape index (κ2) is 15.2. The highest BCUT2D eigenvalue weighted by Gasteiger charge is 2.06. The predicted molar refractivity (Wildman–Crippen MR) is 83.8 cm³/mol. The third-order valence-corrected chi connectivity index (χ3v) is 3.51. The molecule has 0 aliphatic heterocycles. The van der Waals surface area contributed by atoms with Gasteiger partial charge in [-0.05, 0) is 23.7 Å². The van der Waals surface area contributed by atoms with Crippen molar-refractivity contribution in [2.75, 3.05) is 39.6 Å². The van der Waals surface area contributed by atoms with E-state index in [1.54, 1.807) is 0 Å². The average Bonchev–Trinajstić information content (AvgIpc) is 2.39. The summed E-state index contributed by atoms with van der Waals surface area (Å²) in [6.45, 7) is 15.7. The summed E-state index contributed by atoms with van der Waals surface area (Å²) in [7, 11) is 0. The molecule has 0 saturated carbocycles. The van der Waals surface area contributed by atoms with Gasteiger partial charge in [0.15, 0.2) is 0 Å². The Labute approximate surface area is 125 Å². The van der Waals surface area contributed by atoms with Gasteiger partial charge in [-0.15, -0.1) is 0 Å². The van der Waals surface area contributed by atoms with Crippen LogP contribution < -0.4 is 0 Å². The molecule has 0 spiro atoms. The molecule has 124 valence electrons. The van der Waals surface area contributed by atoms with Crippen molar-refractivity contribution in [2.24, 2.45) is 23.7 Å². The minimum Gasteiger partial charge on any atom is -0.394 e. The molecule has 0 aliphatic rings. The number of hydrogen-bond donors (Lipinski definition) is 2. The highest BCUT2D eigenvalue weighted by atomic mass is 16.5. The average molecular weight is 292 g/mol. The van der Waals surface area contributed by atoms with Gasteiger partial charge in [0.1, 0.15) is 0 Å². The molecular weight excluding hydrogens is 256 g/mol. The third-order valence-electron chi connectivity index (χ3n) is 3.51. The Morgan fingerprint density at radius 1 is 0.650 bits per heavy atom. The molecule has 2 N–H and O–H groups in total. The molecule has 0 aromatic carbocycles. The van der Waals surface area contributed by atoms with Gasteiger partial charge in [-0.3, -0.25) is 0 Å². The van der Waals surface area contributed by atoms with Crippen LogP contribution in [0.3, 0.4) is 0 Å². The molecule has 4 heteroatoms. The predicted octanol–water partition coefficient (Wildman–Crippen LogP) is 2.57. The first-order valence-electron chi connectivity index (χ1n) is 7.73. The normalized spacial score (nSPS) is 14.1. The maximum absolute atomic E-state index is 8.39. The standard InChI is InChI=1S/2C8H18O2/c2*1-7(2)8(3)6-10-5-4-9/h2*7-9H,4-6H2,1-3H3. The molecule has 0 saturated heterocycles. The van der Waals surface area contributed by atoms with Crippen LogP contribution in [0.25, 0.3) is 0 Å². The van der Waals surface area contributed by atoms with E-state index in [-0.39, 0.29) is 13.2 Å². The van der Waals surface area contributed by atoms with E-state index in [4.69, 9.17) is 19.7 Å². The van der Waals surface area contributed by atoms with Gasteiger partial charge in [0.05, 0.1) is 26.4 Å². The van der Waals surface area contributed by atoms with E-state index in [0.29, 0.717) is 36.9 Å². The number of rotatable bonds is 10. The monoisotopic (exact) mass is 292 g/mol. The summed E-state index contributed by atoms with van der Waals surface area (Å²) < 4.78 is 10.3. The Kier molecular flexibility index (Phi) is 16.9. The summed E-state index contributed by atoms with van der Waals surface area (Å²) in [6, 6.07) is 0. The topological polar surface area (TPSA) is 58.9 Å². The van der Waals surface area contributed by atoms with Crippen LogP contribution in [0, 0.1) is 23.7 Å². The lowest BCUT2D eigenvalue weighted by Crippen LogP contribution is -2.13. The van der Waals surface area contributed by atoms with Crippen LogP contribution in [0.5, 0.6) is 0 Å². The fourth-order valence-corrected chi connectivity index (χ4v) is 1.05. The van der Waals surface area contributed by atoms with Crippen molar-refractivity contribution in [1.82, 2.24) is 0 Å². The fraction of sp³-hybridized carbons (Fsp3) is 1.00. The molecule has 0 heterocycles. The van der Waals surface area contributed by atoms with Crippen molar-refractivity contribution >= 4 is 0 Å². The molecular formula is C16H36O4. The highest BCUT2D eigenvalue weighted by Crippen LogP contribution is 2.09. The molecule has 0 aromatic heterocycles. The van der Waals surface area contributed by atoms with Crippen LogP contribution in [0.2, 0.25) is 0 Å². The van der Waals surface area contributed by atoms with Crippen LogP contribution in [-0.2, 0) is 9.47 Å². The Balaban J connectivity index is 0. The maximum Gasteiger partial charge on any atom is 0.0697 e. The van der Waals surface area contributed by atoms with E-state index >= 15 is 0 Å². The van der Waals surface area contributed by atoms with Crippen molar-refractivity contribution in [3.63, 3.8) is 0 Å². The lowest BCUT2D eigenvalue weighted by molar-refractivity contribution is 0.0611. The Hall–Kier alpha value is -0.160. The van der Waals surface area contributed by atoms with Gasteiger partial charge in [0.2, 0.25) is 0 Å². The first-order valence-corrected chi connectivity index (χ1v) is 7.73. The molecule has 0 fully saturated rings. The van der Waals surface area contributed by atoms with Crippen molar-refractivity contribution in [1.29, 1.82) is 0 Å². The van der Waals surface area contributed by atoms with Gasteiger partial charge in [0, 0.05) is 13.2 Å². The Morgan fingerprint density at radius 3 is 1.15 bits per heavy atom. The molecule has 20 heavy (non-hydrogen) atoms. The molecule has 0 aliphatic carbocycles. The quantitative estimate of drug-likeness (QED) is 0.608. The van der Waals surface area contributed by atoms with Crippen LogP contribution in [0.15, 0.2) is 0 Å². The molecule has 2 unspecified atom stereocenters. The van der Waals surface area contributed by atoms with Gasteiger partial charge in [-0.2, -0.15) is 0 Å². The van der Waals surface area contributed by atoms with Crippen LogP contribution in [-0.4, -0.2) is 49.9 Å². The number of ether oxygens (including phenoxy) is 2. The molecule has 0 rings (SSSR count). The van der Waals surface area contributed by atoms with E-state index in [1.807, 2.05) is 0 Å². The second-order valence-corrected chi connectivity index (χ2v) is 6.04. The SMILES string of the molecule is CC(C)C(C)COCCO.CC(C)C(C)COCCO. The summed E-state index contributed by atoms with van der Waals surface area (Å²) in [5.41, 5.74) is 0. The van der Waals surface area contributed by atoms with Crippen LogP contribution in [0.1, 0.15) is 41.5 Å². The smallest absolute Gasteiger partial charge is 0.0697 e. The minimum atomic E-state index is 0.130. The van der Waals surface area contributed by atoms with E-state index in [9.17, 15) is 0 Å². The van der Waals surface area contributed by atoms with E-state index in [1.165, 1.54) is 0 Å². The maximum atomic E-state index is 8.39. The zero-order chi connectivity index (χ0) is 16.0. The summed E-state index contributed by atoms with van der Waals surface area (Å²) in [6.07, 6.45) is 0. The van der Waals surface area contributed by atoms with Gasteiger partial charge in [-0.1, -0.05) is 41.5 Å². The van der Waals surface area contributed by atoms with Crippen molar-refractivity contribution in [3.8, 4) is 0 Å². The first kappa shape index (κ1) is 22.1. The second-order valence-electron chi connectivity index (χ2n) is 6.04. The van der Waals surface area contributed by atoms with E-state index in [0.717, 1.165) is 13.2 Å². The molecule has 2 atom stereocenters. The number of aliphatic hydroxyl groups excluding tert-OH is 2. The van der Waals surface area contributed by atoms with E-state index < -0.39 is 0 Å². The Morgan fingerprint density at radius 2 is 0.950 bits per heavy atom. The first-order chi connectivity index (χ1) is 9.36. The lowest BCUT2D eigenvalue weighted by Gasteiger charge is -2.14. The van der Waals surface area contributed by atoms with Gasteiger partial charge in [0.25, 0.3) is 0 Å². The van der Waals surface area contributed by atoms with Crippen LogP contribution >= 0.6 is 0 Å². The largest absolute Gasteiger partial charge is 0.394 e.